The van der Waals surface area contributed by atoms with Crippen LogP contribution in [0.5, 0.6) is 0 Å². The molecule has 5 heteroatoms. The maximum absolute atomic E-state index is 5.51. The lowest BCUT2D eigenvalue weighted by molar-refractivity contribution is 0.256. The minimum absolute atomic E-state index is 0.217. The molecule has 1 unspecified atom stereocenters. The normalized spacial score (nSPS) is 18.1. The standard InChI is InChI=1S/C14H24N4O/c1-15-14(18-8-4-5-9-18)16-11-12(17(2)3)13-7-6-10-19-13/h6-7,10,12H,4-5,8-9,11H2,1-3H3,(H,15,16). The van der Waals surface area contributed by atoms with Crippen LogP contribution in [-0.4, -0.2) is 56.5 Å². The van der Waals surface area contributed by atoms with E-state index in [0.29, 0.717) is 0 Å². The smallest absolute Gasteiger partial charge is 0.193 e. The van der Waals surface area contributed by atoms with E-state index in [1.54, 1.807) is 6.26 Å². The number of aliphatic imine (C=N–C) groups is 1. The summed E-state index contributed by atoms with van der Waals surface area (Å²) in [5, 5.41) is 3.46. The Morgan fingerprint density at radius 3 is 2.74 bits per heavy atom. The van der Waals surface area contributed by atoms with Crippen LogP contribution in [0.25, 0.3) is 0 Å². The monoisotopic (exact) mass is 264 g/mol. The maximum Gasteiger partial charge on any atom is 0.193 e. The van der Waals surface area contributed by atoms with Crippen LogP contribution in [0, 0.1) is 0 Å². The third-order valence-corrected chi connectivity index (χ3v) is 3.57. The van der Waals surface area contributed by atoms with E-state index in [-0.39, 0.29) is 6.04 Å². The van der Waals surface area contributed by atoms with Gasteiger partial charge in [-0.15, -0.1) is 0 Å². The molecule has 1 saturated heterocycles. The van der Waals surface area contributed by atoms with Crippen molar-refractivity contribution in [1.82, 2.24) is 15.1 Å². The molecule has 2 rings (SSSR count). The molecule has 0 spiro atoms. The van der Waals surface area contributed by atoms with Gasteiger partial charge in [0.1, 0.15) is 5.76 Å². The lowest BCUT2D eigenvalue weighted by Crippen LogP contribution is -2.43. The largest absolute Gasteiger partial charge is 0.468 e. The summed E-state index contributed by atoms with van der Waals surface area (Å²) in [6.45, 7) is 3.00. The molecule has 1 aromatic heterocycles. The Morgan fingerprint density at radius 1 is 1.47 bits per heavy atom. The van der Waals surface area contributed by atoms with Gasteiger partial charge < -0.3 is 14.6 Å². The van der Waals surface area contributed by atoms with E-state index in [0.717, 1.165) is 31.4 Å². The van der Waals surface area contributed by atoms with Crippen molar-refractivity contribution in [3.63, 3.8) is 0 Å². The Labute approximate surface area is 115 Å². The number of furan rings is 1. The molecule has 0 aromatic carbocycles. The summed E-state index contributed by atoms with van der Waals surface area (Å²) in [4.78, 5) is 8.84. The highest BCUT2D eigenvalue weighted by Gasteiger charge is 2.20. The van der Waals surface area contributed by atoms with Crippen molar-refractivity contribution < 1.29 is 4.42 Å². The predicted molar refractivity (Wildman–Crippen MR) is 77.3 cm³/mol. The highest BCUT2D eigenvalue weighted by molar-refractivity contribution is 5.80. The molecule has 1 aliphatic rings. The molecule has 1 N–H and O–H groups in total. The molecule has 0 radical (unpaired) electrons. The van der Waals surface area contributed by atoms with Gasteiger partial charge in [0, 0.05) is 26.7 Å². The van der Waals surface area contributed by atoms with Gasteiger partial charge in [-0.25, -0.2) is 0 Å². The molecule has 19 heavy (non-hydrogen) atoms. The maximum atomic E-state index is 5.51. The number of hydrogen-bond acceptors (Lipinski definition) is 3. The number of rotatable bonds is 4. The van der Waals surface area contributed by atoms with Crippen molar-refractivity contribution in [3.8, 4) is 0 Å². The van der Waals surface area contributed by atoms with Gasteiger partial charge in [-0.2, -0.15) is 0 Å². The SMILES string of the molecule is CN=C(NCC(c1ccco1)N(C)C)N1CCCC1. The summed E-state index contributed by atoms with van der Waals surface area (Å²) in [7, 11) is 5.97. The first-order valence-corrected chi connectivity index (χ1v) is 6.88. The third kappa shape index (κ3) is 3.50. The second kappa shape index (κ2) is 6.61. The minimum Gasteiger partial charge on any atom is -0.468 e. The first-order chi connectivity index (χ1) is 9.22. The topological polar surface area (TPSA) is 44.0 Å². The minimum atomic E-state index is 0.217. The van der Waals surface area contributed by atoms with E-state index in [4.69, 9.17) is 4.42 Å². The Kier molecular flexibility index (Phi) is 4.85. The van der Waals surface area contributed by atoms with Gasteiger partial charge in [0.2, 0.25) is 0 Å². The van der Waals surface area contributed by atoms with Gasteiger partial charge in [0.15, 0.2) is 5.96 Å². The fraction of sp³-hybridized carbons (Fsp3) is 0.643. The Morgan fingerprint density at radius 2 is 2.21 bits per heavy atom. The van der Waals surface area contributed by atoms with Gasteiger partial charge in [0.25, 0.3) is 0 Å². The quantitative estimate of drug-likeness (QED) is 0.662. The van der Waals surface area contributed by atoms with E-state index in [1.165, 1.54) is 12.8 Å². The molecule has 1 aromatic rings. The van der Waals surface area contributed by atoms with Crippen molar-refractivity contribution in [1.29, 1.82) is 0 Å². The van der Waals surface area contributed by atoms with Crippen molar-refractivity contribution in [2.45, 2.75) is 18.9 Å². The second-order valence-electron chi connectivity index (χ2n) is 5.12. The first kappa shape index (κ1) is 13.9. The molecule has 0 saturated carbocycles. The Hall–Kier alpha value is -1.49. The van der Waals surface area contributed by atoms with Gasteiger partial charge in [-0.1, -0.05) is 0 Å². The molecule has 1 fully saturated rings. The summed E-state index contributed by atoms with van der Waals surface area (Å²) in [6, 6.07) is 4.17. The molecule has 1 aliphatic heterocycles. The molecular weight excluding hydrogens is 240 g/mol. The Balaban J connectivity index is 1.94. The lowest BCUT2D eigenvalue weighted by atomic mass is 10.2. The van der Waals surface area contributed by atoms with Crippen molar-refractivity contribution in [2.75, 3.05) is 40.8 Å². The van der Waals surface area contributed by atoms with E-state index < -0.39 is 0 Å². The van der Waals surface area contributed by atoms with E-state index in [9.17, 15) is 0 Å². The van der Waals surface area contributed by atoms with Crippen molar-refractivity contribution >= 4 is 5.96 Å². The van der Waals surface area contributed by atoms with Crippen LogP contribution in [0.2, 0.25) is 0 Å². The lowest BCUT2D eigenvalue weighted by Gasteiger charge is -2.26. The molecule has 2 heterocycles. The van der Waals surface area contributed by atoms with Gasteiger partial charge >= 0.3 is 0 Å². The van der Waals surface area contributed by atoms with E-state index in [2.05, 4.69) is 34.2 Å². The molecule has 0 amide bonds. The number of hydrogen-bond donors (Lipinski definition) is 1. The van der Waals surface area contributed by atoms with Crippen LogP contribution >= 0.6 is 0 Å². The molecular formula is C14H24N4O. The van der Waals surface area contributed by atoms with Crippen LogP contribution in [0.3, 0.4) is 0 Å². The molecule has 5 nitrogen and oxygen atoms in total. The van der Waals surface area contributed by atoms with Crippen molar-refractivity contribution in [2.24, 2.45) is 4.99 Å². The summed E-state index contributed by atoms with van der Waals surface area (Å²) in [5.74, 6) is 1.98. The van der Waals surface area contributed by atoms with Crippen LogP contribution < -0.4 is 5.32 Å². The van der Waals surface area contributed by atoms with Gasteiger partial charge in [-0.05, 0) is 39.1 Å². The van der Waals surface area contributed by atoms with Crippen LogP contribution in [0.15, 0.2) is 27.8 Å². The van der Waals surface area contributed by atoms with Gasteiger partial charge in [0.05, 0.1) is 12.3 Å². The van der Waals surface area contributed by atoms with Crippen LogP contribution in [0.1, 0.15) is 24.6 Å². The average Bonchev–Trinajstić information content (AvgIpc) is 3.06. The Bertz CT molecular complexity index is 394. The molecule has 1 atom stereocenters. The number of nitrogens with one attached hydrogen (secondary N) is 1. The molecule has 106 valence electrons. The predicted octanol–water partition coefficient (Wildman–Crippen LogP) is 1.55. The zero-order chi connectivity index (χ0) is 13.7. The highest BCUT2D eigenvalue weighted by Crippen LogP contribution is 2.17. The van der Waals surface area contributed by atoms with Crippen LogP contribution in [-0.2, 0) is 0 Å². The molecule has 0 aliphatic carbocycles. The average molecular weight is 264 g/mol. The summed E-state index contributed by atoms with van der Waals surface area (Å²) < 4.78 is 5.51. The highest BCUT2D eigenvalue weighted by atomic mass is 16.3. The fourth-order valence-corrected chi connectivity index (χ4v) is 2.47. The number of likely N-dealkylation sites (N-methyl/N-ethyl adjacent to an activating group) is 1. The van der Waals surface area contributed by atoms with Crippen LogP contribution in [0.4, 0.5) is 0 Å². The summed E-state index contributed by atoms with van der Waals surface area (Å²) in [6.07, 6.45) is 4.24. The third-order valence-electron chi connectivity index (χ3n) is 3.57. The summed E-state index contributed by atoms with van der Waals surface area (Å²) in [5.41, 5.74) is 0. The first-order valence-electron chi connectivity index (χ1n) is 6.88. The van der Waals surface area contributed by atoms with Gasteiger partial charge in [-0.3, -0.25) is 9.89 Å². The van der Waals surface area contributed by atoms with Crippen molar-refractivity contribution in [3.05, 3.63) is 24.2 Å². The number of likely N-dealkylation sites (tertiary alicyclic amines) is 1. The molecule has 0 bridgehead atoms. The van der Waals surface area contributed by atoms with E-state index in [1.807, 2.05) is 19.2 Å². The second-order valence-corrected chi connectivity index (χ2v) is 5.12. The zero-order valence-electron chi connectivity index (χ0n) is 12.1. The number of guanidine groups is 1. The zero-order valence-corrected chi connectivity index (χ0v) is 12.1. The summed E-state index contributed by atoms with van der Waals surface area (Å²) >= 11 is 0. The number of nitrogens with zero attached hydrogens (tertiary/aromatic N) is 3. The van der Waals surface area contributed by atoms with E-state index >= 15 is 0 Å². The fourth-order valence-electron chi connectivity index (χ4n) is 2.47.